The summed E-state index contributed by atoms with van der Waals surface area (Å²) in [6.07, 6.45) is 0. The monoisotopic (exact) mass is 228 g/mol. The Morgan fingerprint density at radius 3 is 2.40 bits per heavy atom. The number of benzene rings is 1. The van der Waals surface area contributed by atoms with Crippen LogP contribution in [0.3, 0.4) is 0 Å². The lowest BCUT2D eigenvalue weighted by Crippen LogP contribution is -2.04. The smallest absolute Gasteiger partial charge is 0.341 e. The molecule has 0 aliphatic carbocycles. The van der Waals surface area contributed by atoms with E-state index in [1.165, 1.54) is 20.4 Å². The van der Waals surface area contributed by atoms with Crippen LogP contribution in [0.25, 0.3) is 0 Å². The Kier molecular flexibility index (Phi) is 3.53. The lowest BCUT2D eigenvalue weighted by molar-refractivity contribution is 0.0599. The normalized spacial score (nSPS) is 10.9. The predicted octanol–water partition coefficient (Wildman–Crippen LogP) is 2.39. The molecule has 1 aromatic rings. The van der Waals surface area contributed by atoms with Gasteiger partial charge in [-0.2, -0.15) is 0 Å². The van der Waals surface area contributed by atoms with Gasteiger partial charge in [0.05, 0.1) is 7.11 Å². The van der Waals surface area contributed by atoms with Gasteiger partial charge in [-0.3, -0.25) is 4.57 Å². The average Bonchev–Trinajstić information content (AvgIpc) is 2.15. The molecule has 0 amide bonds. The minimum Gasteiger partial charge on any atom is -0.465 e. The topological polar surface area (TPSA) is 52.6 Å². The predicted molar refractivity (Wildman–Crippen MR) is 57.9 cm³/mol. The van der Waals surface area contributed by atoms with Crippen molar-refractivity contribution in [1.82, 2.24) is 0 Å². The molecule has 0 saturated carbocycles. The van der Waals surface area contributed by atoms with E-state index in [1.54, 1.807) is 24.3 Å². The van der Waals surface area contributed by atoms with Gasteiger partial charge < -0.3 is 9.26 Å². The third-order valence-corrected chi connectivity index (χ3v) is 2.25. The Bertz CT molecular complexity index is 408. The number of esters is 1. The molecule has 15 heavy (non-hydrogen) atoms. The Morgan fingerprint density at radius 1 is 1.27 bits per heavy atom. The van der Waals surface area contributed by atoms with Crippen LogP contribution in [0.1, 0.15) is 10.4 Å². The van der Waals surface area contributed by atoms with Crippen LogP contribution in [0.5, 0.6) is 5.75 Å². The van der Waals surface area contributed by atoms with Crippen molar-refractivity contribution in [2.24, 2.45) is 0 Å². The number of ether oxygens (including phenoxy) is 1. The summed E-state index contributed by atoms with van der Waals surface area (Å²) >= 11 is 0. The van der Waals surface area contributed by atoms with Crippen LogP contribution in [0.2, 0.25) is 0 Å². The Balaban J connectivity index is 3.07. The first-order valence-electron chi connectivity index (χ1n) is 4.36. The van der Waals surface area contributed by atoms with Crippen molar-refractivity contribution < 1.29 is 18.6 Å². The van der Waals surface area contributed by atoms with Gasteiger partial charge in [-0.1, -0.05) is 12.1 Å². The van der Waals surface area contributed by atoms with E-state index in [-0.39, 0.29) is 11.3 Å². The summed E-state index contributed by atoms with van der Waals surface area (Å²) in [6, 6.07) is 6.55. The van der Waals surface area contributed by atoms with Crippen LogP contribution in [-0.2, 0) is 9.30 Å². The Morgan fingerprint density at radius 2 is 1.87 bits per heavy atom. The molecular formula is C10H13O4P. The van der Waals surface area contributed by atoms with E-state index < -0.39 is 13.3 Å². The Hall–Kier alpha value is -1.28. The first-order chi connectivity index (χ1) is 6.94. The third kappa shape index (κ3) is 3.40. The fourth-order valence-corrected chi connectivity index (χ4v) is 1.69. The van der Waals surface area contributed by atoms with Gasteiger partial charge in [0.1, 0.15) is 11.3 Å². The molecule has 0 bridgehead atoms. The summed E-state index contributed by atoms with van der Waals surface area (Å²) in [6.45, 7) is 2.97. The SMILES string of the molecule is COC(=O)c1ccccc1OP(C)(C)=O. The lowest BCUT2D eigenvalue weighted by Gasteiger charge is -2.12. The number of hydrogen-bond acceptors (Lipinski definition) is 4. The van der Waals surface area contributed by atoms with Crippen LogP contribution < -0.4 is 4.52 Å². The quantitative estimate of drug-likeness (QED) is 0.588. The highest BCUT2D eigenvalue weighted by Crippen LogP contribution is 2.40. The van der Waals surface area contributed by atoms with Gasteiger partial charge in [0.25, 0.3) is 0 Å². The standard InChI is InChI=1S/C10H13O4P/c1-13-10(11)8-6-4-5-7-9(8)14-15(2,3)12/h4-7H,1-3H3. The zero-order valence-corrected chi connectivity index (χ0v) is 9.78. The van der Waals surface area contributed by atoms with E-state index in [4.69, 9.17) is 4.52 Å². The van der Waals surface area contributed by atoms with Crippen LogP contribution in [0, 0.1) is 0 Å². The summed E-state index contributed by atoms with van der Waals surface area (Å²) in [5.74, 6) is -0.211. The molecule has 0 aromatic heterocycles. The minimum absolute atomic E-state index is 0.281. The maximum Gasteiger partial charge on any atom is 0.341 e. The van der Waals surface area contributed by atoms with Crippen molar-refractivity contribution in [3.8, 4) is 5.75 Å². The molecule has 4 nitrogen and oxygen atoms in total. The molecule has 0 aliphatic heterocycles. The fourth-order valence-electron chi connectivity index (χ4n) is 1.06. The molecule has 1 aromatic carbocycles. The van der Waals surface area contributed by atoms with Crippen molar-refractivity contribution in [2.45, 2.75) is 0 Å². The number of carbonyl (C=O) groups excluding carboxylic acids is 1. The molecule has 0 unspecified atom stereocenters. The van der Waals surface area contributed by atoms with E-state index in [1.807, 2.05) is 0 Å². The lowest BCUT2D eigenvalue weighted by atomic mass is 10.2. The molecule has 0 fully saturated rings. The van der Waals surface area contributed by atoms with E-state index in [0.29, 0.717) is 0 Å². The number of carbonyl (C=O) groups is 1. The maximum atomic E-state index is 11.5. The van der Waals surface area contributed by atoms with Gasteiger partial charge in [0.2, 0.25) is 7.37 Å². The van der Waals surface area contributed by atoms with Gasteiger partial charge in [-0.05, 0) is 12.1 Å². The van der Waals surface area contributed by atoms with Crippen LogP contribution in [-0.4, -0.2) is 26.4 Å². The second-order valence-corrected chi connectivity index (χ2v) is 6.02. The molecule has 5 heteroatoms. The second-order valence-electron chi connectivity index (χ2n) is 3.33. The number of para-hydroxylation sites is 1. The molecule has 0 N–H and O–H groups in total. The number of rotatable bonds is 3. The van der Waals surface area contributed by atoms with E-state index in [2.05, 4.69) is 4.74 Å². The second kappa shape index (κ2) is 4.49. The fraction of sp³-hybridized carbons (Fsp3) is 0.300. The van der Waals surface area contributed by atoms with Crippen molar-refractivity contribution in [3.05, 3.63) is 29.8 Å². The largest absolute Gasteiger partial charge is 0.465 e. The van der Waals surface area contributed by atoms with Crippen LogP contribution >= 0.6 is 7.37 Å². The minimum atomic E-state index is -2.67. The van der Waals surface area contributed by atoms with Crippen molar-refractivity contribution in [1.29, 1.82) is 0 Å². The van der Waals surface area contributed by atoms with E-state index >= 15 is 0 Å². The summed E-state index contributed by atoms with van der Waals surface area (Å²) in [5.41, 5.74) is 0.281. The summed E-state index contributed by atoms with van der Waals surface area (Å²) < 4.78 is 21.3. The van der Waals surface area contributed by atoms with E-state index in [0.717, 1.165) is 0 Å². The van der Waals surface area contributed by atoms with E-state index in [9.17, 15) is 9.36 Å². The maximum absolute atomic E-state index is 11.5. The van der Waals surface area contributed by atoms with Gasteiger partial charge in [-0.25, -0.2) is 4.79 Å². The molecule has 0 heterocycles. The first-order valence-corrected chi connectivity index (χ1v) is 6.88. The average molecular weight is 228 g/mol. The Labute approximate surface area is 88.7 Å². The summed E-state index contributed by atoms with van der Waals surface area (Å²) in [4.78, 5) is 11.3. The molecule has 0 spiro atoms. The van der Waals surface area contributed by atoms with Gasteiger partial charge in [-0.15, -0.1) is 0 Å². The molecule has 0 saturated heterocycles. The summed E-state index contributed by atoms with van der Waals surface area (Å²) in [7, 11) is -1.38. The zero-order valence-electron chi connectivity index (χ0n) is 8.89. The van der Waals surface area contributed by atoms with Crippen LogP contribution in [0.15, 0.2) is 24.3 Å². The highest BCUT2D eigenvalue weighted by molar-refractivity contribution is 7.57. The van der Waals surface area contributed by atoms with Crippen molar-refractivity contribution in [2.75, 3.05) is 20.4 Å². The van der Waals surface area contributed by atoms with Gasteiger partial charge in [0, 0.05) is 13.3 Å². The molecule has 1 rings (SSSR count). The molecular weight excluding hydrogens is 215 g/mol. The first kappa shape index (κ1) is 11.8. The molecule has 0 atom stereocenters. The number of hydrogen-bond donors (Lipinski definition) is 0. The third-order valence-electron chi connectivity index (χ3n) is 1.61. The highest BCUT2D eigenvalue weighted by atomic mass is 31.2. The zero-order chi connectivity index (χ0) is 11.5. The highest BCUT2D eigenvalue weighted by Gasteiger charge is 2.16. The molecule has 82 valence electrons. The van der Waals surface area contributed by atoms with Gasteiger partial charge >= 0.3 is 5.97 Å². The molecule has 0 aliphatic rings. The van der Waals surface area contributed by atoms with Crippen LogP contribution in [0.4, 0.5) is 0 Å². The molecule has 0 radical (unpaired) electrons. The number of methoxy groups -OCH3 is 1. The van der Waals surface area contributed by atoms with Gasteiger partial charge in [0.15, 0.2) is 0 Å². The van der Waals surface area contributed by atoms with Crippen molar-refractivity contribution >= 4 is 13.3 Å². The van der Waals surface area contributed by atoms with Crippen molar-refractivity contribution in [3.63, 3.8) is 0 Å². The summed E-state index contributed by atoms with van der Waals surface area (Å²) in [5, 5.41) is 0.